The van der Waals surface area contributed by atoms with Gasteiger partial charge in [0, 0.05) is 20.1 Å². The normalized spacial score (nSPS) is 11.4. The smallest absolute Gasteiger partial charge is 0.234 e. The number of aromatic nitrogens is 2. The van der Waals surface area contributed by atoms with Gasteiger partial charge in [0.05, 0.1) is 22.4 Å². The maximum Gasteiger partial charge on any atom is 0.234 e. The largest absolute Gasteiger partial charge is 0.355 e. The van der Waals surface area contributed by atoms with Gasteiger partial charge in [-0.3, -0.25) is 14.4 Å². The fraction of sp³-hybridized carbons (Fsp3) is 0.714. The van der Waals surface area contributed by atoms with Gasteiger partial charge in [-0.1, -0.05) is 20.8 Å². The van der Waals surface area contributed by atoms with E-state index < -0.39 is 0 Å². The predicted molar refractivity (Wildman–Crippen MR) is 84.5 cm³/mol. The van der Waals surface area contributed by atoms with Crippen LogP contribution in [0.15, 0.2) is 4.47 Å². The zero-order valence-electron chi connectivity index (χ0n) is 13.0. The lowest BCUT2D eigenvalue weighted by Crippen LogP contribution is -2.36. The van der Waals surface area contributed by atoms with Gasteiger partial charge in [-0.2, -0.15) is 5.10 Å². The number of hydrogen-bond acceptors (Lipinski definition) is 3. The number of likely N-dealkylation sites (N-methyl/N-ethyl adjacent to an activating group) is 1. The molecule has 0 aliphatic rings. The SMILES string of the molecule is CCc1nn(C)c(CN(C)CC(=O)NCC(C)C)c1Br. The number of carbonyl (C=O) groups is 1. The van der Waals surface area contributed by atoms with E-state index in [2.05, 4.69) is 47.1 Å². The summed E-state index contributed by atoms with van der Waals surface area (Å²) in [5, 5.41) is 7.39. The summed E-state index contributed by atoms with van der Waals surface area (Å²) in [6.07, 6.45) is 0.896. The van der Waals surface area contributed by atoms with E-state index in [1.54, 1.807) is 0 Å². The number of amides is 1. The van der Waals surface area contributed by atoms with Gasteiger partial charge in [0.15, 0.2) is 0 Å². The minimum Gasteiger partial charge on any atom is -0.355 e. The molecule has 1 rings (SSSR count). The van der Waals surface area contributed by atoms with Gasteiger partial charge in [0.25, 0.3) is 0 Å². The Labute approximate surface area is 129 Å². The second-order valence-corrected chi connectivity index (χ2v) is 6.35. The molecule has 1 amide bonds. The van der Waals surface area contributed by atoms with Crippen LogP contribution >= 0.6 is 15.9 Å². The van der Waals surface area contributed by atoms with Gasteiger partial charge >= 0.3 is 0 Å². The molecule has 0 bridgehead atoms. The second kappa shape index (κ2) is 7.78. The number of nitrogens with one attached hydrogen (secondary N) is 1. The number of aryl methyl sites for hydroxylation is 2. The highest BCUT2D eigenvalue weighted by Crippen LogP contribution is 2.22. The van der Waals surface area contributed by atoms with Crippen LogP contribution < -0.4 is 5.32 Å². The summed E-state index contributed by atoms with van der Waals surface area (Å²) in [6, 6.07) is 0. The van der Waals surface area contributed by atoms with E-state index in [1.807, 2.05) is 23.7 Å². The Morgan fingerprint density at radius 1 is 1.50 bits per heavy atom. The molecule has 0 unspecified atom stereocenters. The van der Waals surface area contributed by atoms with E-state index in [9.17, 15) is 4.79 Å². The van der Waals surface area contributed by atoms with Crippen LogP contribution in [0.1, 0.15) is 32.2 Å². The van der Waals surface area contributed by atoms with Crippen LogP contribution in [0, 0.1) is 5.92 Å². The average molecular weight is 345 g/mol. The third-order valence-corrected chi connectivity index (χ3v) is 3.96. The number of carbonyl (C=O) groups excluding carboxylic acids is 1. The Hall–Kier alpha value is -0.880. The Bertz CT molecular complexity index is 456. The van der Waals surface area contributed by atoms with E-state index in [0.717, 1.165) is 28.8 Å². The zero-order valence-corrected chi connectivity index (χ0v) is 14.6. The van der Waals surface area contributed by atoms with Crippen LogP contribution in [0.2, 0.25) is 0 Å². The summed E-state index contributed by atoms with van der Waals surface area (Å²) in [6.45, 7) is 8.07. The molecular weight excluding hydrogens is 320 g/mol. The molecule has 0 spiro atoms. The van der Waals surface area contributed by atoms with Crippen LogP contribution in [0.5, 0.6) is 0 Å². The first-order valence-corrected chi connectivity index (χ1v) is 7.79. The predicted octanol–water partition coefficient (Wildman–Crippen LogP) is 1.95. The van der Waals surface area contributed by atoms with Crippen LogP contribution in [0.3, 0.4) is 0 Å². The Kier molecular flexibility index (Phi) is 6.68. The topological polar surface area (TPSA) is 50.2 Å². The van der Waals surface area contributed by atoms with Crippen LogP contribution in [0.4, 0.5) is 0 Å². The summed E-state index contributed by atoms with van der Waals surface area (Å²) >= 11 is 3.60. The summed E-state index contributed by atoms with van der Waals surface area (Å²) in [5.41, 5.74) is 2.15. The molecule has 0 saturated heterocycles. The van der Waals surface area contributed by atoms with Crippen molar-refractivity contribution >= 4 is 21.8 Å². The molecular formula is C14H25BrN4O. The molecule has 1 heterocycles. The van der Waals surface area contributed by atoms with Gasteiger partial charge in [0.1, 0.15) is 0 Å². The lowest BCUT2D eigenvalue weighted by molar-refractivity contribution is -0.122. The van der Waals surface area contributed by atoms with Gasteiger partial charge in [-0.25, -0.2) is 0 Å². The van der Waals surface area contributed by atoms with Crippen molar-refractivity contribution < 1.29 is 4.79 Å². The number of hydrogen-bond donors (Lipinski definition) is 1. The van der Waals surface area contributed by atoms with Crippen molar-refractivity contribution in [1.82, 2.24) is 20.0 Å². The first kappa shape index (κ1) is 17.2. The lowest BCUT2D eigenvalue weighted by Gasteiger charge is -2.17. The Balaban J connectivity index is 2.56. The van der Waals surface area contributed by atoms with Crippen LogP contribution in [0.25, 0.3) is 0 Å². The third-order valence-electron chi connectivity index (χ3n) is 3.04. The highest BCUT2D eigenvalue weighted by atomic mass is 79.9. The molecule has 1 aromatic rings. The summed E-state index contributed by atoms with van der Waals surface area (Å²) in [5.74, 6) is 0.540. The Morgan fingerprint density at radius 3 is 2.65 bits per heavy atom. The molecule has 6 heteroatoms. The quantitative estimate of drug-likeness (QED) is 0.822. The van der Waals surface area contributed by atoms with Crippen molar-refractivity contribution in [2.24, 2.45) is 13.0 Å². The minimum absolute atomic E-state index is 0.0650. The van der Waals surface area contributed by atoms with E-state index >= 15 is 0 Å². The van der Waals surface area contributed by atoms with Crippen molar-refractivity contribution in [2.45, 2.75) is 33.7 Å². The third kappa shape index (κ3) is 4.90. The summed E-state index contributed by atoms with van der Waals surface area (Å²) in [4.78, 5) is 13.8. The molecule has 20 heavy (non-hydrogen) atoms. The van der Waals surface area contributed by atoms with Crippen molar-refractivity contribution in [3.63, 3.8) is 0 Å². The lowest BCUT2D eigenvalue weighted by atomic mass is 10.2. The fourth-order valence-corrected chi connectivity index (χ4v) is 2.66. The molecule has 0 aliphatic heterocycles. The maximum absolute atomic E-state index is 11.8. The van der Waals surface area contributed by atoms with Gasteiger partial charge in [0.2, 0.25) is 5.91 Å². The zero-order chi connectivity index (χ0) is 15.3. The molecule has 0 saturated carbocycles. The van der Waals surface area contributed by atoms with E-state index in [0.29, 0.717) is 19.0 Å². The minimum atomic E-state index is 0.0650. The first-order valence-electron chi connectivity index (χ1n) is 7.00. The van der Waals surface area contributed by atoms with E-state index in [-0.39, 0.29) is 5.91 Å². The van der Waals surface area contributed by atoms with Crippen LogP contribution in [-0.4, -0.2) is 40.7 Å². The highest BCUT2D eigenvalue weighted by molar-refractivity contribution is 9.10. The highest BCUT2D eigenvalue weighted by Gasteiger charge is 2.15. The molecule has 0 aliphatic carbocycles. The Morgan fingerprint density at radius 2 is 2.15 bits per heavy atom. The maximum atomic E-state index is 11.8. The van der Waals surface area contributed by atoms with E-state index in [4.69, 9.17) is 0 Å². The molecule has 5 nitrogen and oxygen atoms in total. The molecule has 114 valence electrons. The number of rotatable bonds is 7. The number of halogens is 1. The molecule has 0 fully saturated rings. The molecule has 1 N–H and O–H groups in total. The van der Waals surface area contributed by atoms with Gasteiger partial charge < -0.3 is 5.32 Å². The van der Waals surface area contributed by atoms with Gasteiger partial charge in [-0.15, -0.1) is 0 Å². The molecule has 0 atom stereocenters. The molecule has 0 radical (unpaired) electrons. The first-order chi connectivity index (χ1) is 9.35. The number of nitrogens with zero attached hydrogens (tertiary/aromatic N) is 3. The van der Waals surface area contributed by atoms with Gasteiger partial charge in [-0.05, 0) is 35.3 Å². The van der Waals surface area contributed by atoms with Crippen molar-refractivity contribution in [3.8, 4) is 0 Å². The molecule has 1 aromatic heterocycles. The average Bonchev–Trinajstić information content (AvgIpc) is 2.63. The van der Waals surface area contributed by atoms with E-state index in [1.165, 1.54) is 0 Å². The van der Waals surface area contributed by atoms with Crippen molar-refractivity contribution in [3.05, 3.63) is 15.9 Å². The van der Waals surface area contributed by atoms with Crippen LogP contribution in [-0.2, 0) is 24.8 Å². The van der Waals surface area contributed by atoms with Crippen molar-refractivity contribution in [1.29, 1.82) is 0 Å². The summed E-state index contributed by atoms with van der Waals surface area (Å²) in [7, 11) is 3.88. The monoisotopic (exact) mass is 344 g/mol. The van der Waals surface area contributed by atoms with Crippen molar-refractivity contribution in [2.75, 3.05) is 20.1 Å². The summed E-state index contributed by atoms with van der Waals surface area (Å²) < 4.78 is 2.93. The molecule has 0 aromatic carbocycles. The standard InChI is InChI=1S/C14H25BrN4O/c1-6-11-14(15)12(19(5)17-11)8-18(4)9-13(20)16-7-10(2)3/h10H,6-9H2,1-5H3,(H,16,20). The second-order valence-electron chi connectivity index (χ2n) is 5.55. The fourth-order valence-electron chi connectivity index (χ4n) is 1.92.